The van der Waals surface area contributed by atoms with Gasteiger partial charge in [0.25, 0.3) is 0 Å². The maximum Gasteiger partial charge on any atom is 0.228 e. The zero-order valence-corrected chi connectivity index (χ0v) is 11.6. The fourth-order valence-corrected chi connectivity index (χ4v) is 2.07. The Morgan fingerprint density at radius 2 is 2.00 bits per heavy atom. The van der Waals surface area contributed by atoms with Crippen LogP contribution in [0.4, 0.5) is 5.69 Å². The Labute approximate surface area is 116 Å². The van der Waals surface area contributed by atoms with Crippen molar-refractivity contribution in [1.82, 2.24) is 0 Å². The number of hydrogen-bond acceptors (Lipinski definition) is 3. The van der Waals surface area contributed by atoms with Gasteiger partial charge in [-0.05, 0) is 18.6 Å². The summed E-state index contributed by atoms with van der Waals surface area (Å²) in [6.45, 7) is 2.28. The molecule has 1 aromatic rings. The molecule has 0 fully saturated rings. The van der Waals surface area contributed by atoms with Gasteiger partial charge in [-0.15, -0.1) is 0 Å². The van der Waals surface area contributed by atoms with E-state index in [1.807, 2.05) is 6.92 Å². The molecule has 0 heterocycles. The molecule has 0 saturated carbocycles. The lowest BCUT2D eigenvalue weighted by Crippen LogP contribution is -2.29. The number of aromatic hydroxyl groups is 1. The maximum atomic E-state index is 11.9. The topological polar surface area (TPSA) is 75.4 Å². The van der Waals surface area contributed by atoms with Gasteiger partial charge in [0.1, 0.15) is 0 Å². The highest BCUT2D eigenvalue weighted by atomic mass is 35.5. The van der Waals surface area contributed by atoms with E-state index in [4.69, 9.17) is 28.9 Å². The minimum Gasteiger partial charge on any atom is -0.505 e. The van der Waals surface area contributed by atoms with Crippen molar-refractivity contribution in [3.05, 3.63) is 22.2 Å². The van der Waals surface area contributed by atoms with Crippen LogP contribution in [-0.2, 0) is 4.79 Å². The molecule has 0 saturated heterocycles. The first-order valence-corrected chi connectivity index (χ1v) is 6.44. The number of phenolic OH excluding ortho intramolecular Hbond substituents is 1. The van der Waals surface area contributed by atoms with Crippen molar-refractivity contribution in [2.24, 2.45) is 11.7 Å². The molecule has 1 unspecified atom stereocenters. The number of anilines is 1. The molecule has 0 aromatic heterocycles. The second kappa shape index (κ2) is 6.83. The fraction of sp³-hybridized carbons (Fsp3) is 0.417. The van der Waals surface area contributed by atoms with Crippen molar-refractivity contribution in [3.63, 3.8) is 0 Å². The third kappa shape index (κ3) is 3.77. The Morgan fingerprint density at radius 1 is 1.44 bits per heavy atom. The van der Waals surface area contributed by atoms with E-state index in [0.29, 0.717) is 12.2 Å². The first-order valence-electron chi connectivity index (χ1n) is 5.68. The molecule has 0 spiro atoms. The van der Waals surface area contributed by atoms with Crippen molar-refractivity contribution in [2.75, 3.05) is 11.9 Å². The lowest BCUT2D eigenvalue weighted by atomic mass is 10.0. The SMILES string of the molecule is CCCC(CN)C(=O)Nc1cc(Cl)c(O)c(Cl)c1. The van der Waals surface area contributed by atoms with Crippen molar-refractivity contribution < 1.29 is 9.90 Å². The van der Waals surface area contributed by atoms with Crippen LogP contribution in [-0.4, -0.2) is 17.6 Å². The predicted molar refractivity (Wildman–Crippen MR) is 74.2 cm³/mol. The molecule has 0 radical (unpaired) electrons. The average Bonchev–Trinajstić information content (AvgIpc) is 2.32. The molecular weight excluding hydrogens is 275 g/mol. The lowest BCUT2D eigenvalue weighted by Gasteiger charge is -2.14. The van der Waals surface area contributed by atoms with E-state index in [9.17, 15) is 9.90 Å². The predicted octanol–water partition coefficient (Wildman–Crippen LogP) is 3.01. The molecular formula is C12H16Cl2N2O2. The molecule has 0 aliphatic carbocycles. The van der Waals surface area contributed by atoms with Crippen LogP contribution < -0.4 is 11.1 Å². The third-order valence-electron chi connectivity index (χ3n) is 2.58. The largest absolute Gasteiger partial charge is 0.505 e. The zero-order chi connectivity index (χ0) is 13.7. The number of rotatable bonds is 5. The maximum absolute atomic E-state index is 11.9. The number of amides is 1. The van der Waals surface area contributed by atoms with E-state index in [0.717, 1.165) is 12.8 Å². The smallest absolute Gasteiger partial charge is 0.228 e. The van der Waals surface area contributed by atoms with E-state index in [1.165, 1.54) is 12.1 Å². The summed E-state index contributed by atoms with van der Waals surface area (Å²) >= 11 is 11.5. The van der Waals surface area contributed by atoms with Gasteiger partial charge in [-0.25, -0.2) is 0 Å². The number of phenols is 1. The zero-order valence-electron chi connectivity index (χ0n) is 10.0. The van der Waals surface area contributed by atoms with E-state index in [-0.39, 0.29) is 27.6 Å². The van der Waals surface area contributed by atoms with Crippen LogP contribution in [0.3, 0.4) is 0 Å². The van der Waals surface area contributed by atoms with E-state index in [2.05, 4.69) is 5.32 Å². The second-order valence-electron chi connectivity index (χ2n) is 4.00. The summed E-state index contributed by atoms with van der Waals surface area (Å²) in [5.41, 5.74) is 5.99. The molecule has 1 rings (SSSR count). The van der Waals surface area contributed by atoms with Crippen molar-refractivity contribution >= 4 is 34.8 Å². The van der Waals surface area contributed by atoms with Gasteiger partial charge in [0.15, 0.2) is 5.75 Å². The standard InChI is InChI=1S/C12H16Cl2N2O2/c1-2-3-7(6-15)12(18)16-8-4-9(13)11(17)10(14)5-8/h4-5,7,17H,2-3,6,15H2,1H3,(H,16,18). The summed E-state index contributed by atoms with van der Waals surface area (Å²) in [6, 6.07) is 2.89. The molecule has 6 heteroatoms. The van der Waals surface area contributed by atoms with Crippen LogP contribution in [0.5, 0.6) is 5.75 Å². The number of nitrogens with two attached hydrogens (primary N) is 1. The number of benzene rings is 1. The van der Waals surface area contributed by atoms with E-state index >= 15 is 0 Å². The molecule has 1 aromatic carbocycles. The third-order valence-corrected chi connectivity index (χ3v) is 3.15. The van der Waals surface area contributed by atoms with Crippen LogP contribution in [0.1, 0.15) is 19.8 Å². The number of nitrogens with one attached hydrogen (secondary N) is 1. The molecule has 0 bridgehead atoms. The Balaban J connectivity index is 2.81. The summed E-state index contributed by atoms with van der Waals surface area (Å²) in [7, 11) is 0. The van der Waals surface area contributed by atoms with Gasteiger partial charge in [0, 0.05) is 12.2 Å². The average molecular weight is 291 g/mol. The summed E-state index contributed by atoms with van der Waals surface area (Å²) in [4.78, 5) is 11.9. The monoisotopic (exact) mass is 290 g/mol. The van der Waals surface area contributed by atoms with Crippen LogP contribution in [0, 0.1) is 5.92 Å². The molecule has 100 valence electrons. The van der Waals surface area contributed by atoms with Gasteiger partial charge in [-0.3, -0.25) is 4.79 Å². The van der Waals surface area contributed by atoms with Crippen LogP contribution in [0.15, 0.2) is 12.1 Å². The molecule has 0 aliphatic rings. The molecule has 4 nitrogen and oxygen atoms in total. The number of carbonyl (C=O) groups excluding carboxylic acids is 1. The minimum absolute atomic E-state index is 0.0950. The Kier molecular flexibility index (Phi) is 5.72. The molecule has 0 aliphatic heterocycles. The first kappa shape index (κ1) is 15.1. The molecule has 1 atom stereocenters. The Bertz CT molecular complexity index is 415. The van der Waals surface area contributed by atoms with Gasteiger partial charge >= 0.3 is 0 Å². The molecule has 1 amide bonds. The van der Waals surface area contributed by atoms with Gasteiger partial charge in [-0.2, -0.15) is 0 Å². The minimum atomic E-state index is -0.235. The summed E-state index contributed by atoms with van der Waals surface area (Å²) in [5, 5.41) is 12.3. The van der Waals surface area contributed by atoms with Gasteiger partial charge < -0.3 is 16.2 Å². The fourth-order valence-electron chi connectivity index (χ4n) is 1.59. The van der Waals surface area contributed by atoms with Gasteiger partial charge in [0.2, 0.25) is 5.91 Å². The highest BCUT2D eigenvalue weighted by Crippen LogP contribution is 2.34. The van der Waals surface area contributed by atoms with Crippen LogP contribution in [0.25, 0.3) is 0 Å². The molecule has 18 heavy (non-hydrogen) atoms. The van der Waals surface area contributed by atoms with Crippen LogP contribution >= 0.6 is 23.2 Å². The first-order chi connectivity index (χ1) is 8.49. The van der Waals surface area contributed by atoms with Crippen molar-refractivity contribution in [3.8, 4) is 5.75 Å². The highest BCUT2D eigenvalue weighted by molar-refractivity contribution is 6.37. The van der Waals surface area contributed by atoms with Gasteiger partial charge in [-0.1, -0.05) is 36.5 Å². The molecule has 4 N–H and O–H groups in total. The quantitative estimate of drug-likeness (QED) is 0.730. The lowest BCUT2D eigenvalue weighted by molar-refractivity contribution is -0.119. The Morgan fingerprint density at radius 3 is 2.44 bits per heavy atom. The number of hydrogen-bond donors (Lipinski definition) is 3. The van der Waals surface area contributed by atoms with Crippen molar-refractivity contribution in [2.45, 2.75) is 19.8 Å². The Hall–Kier alpha value is -0.970. The van der Waals surface area contributed by atoms with Crippen LogP contribution in [0.2, 0.25) is 10.0 Å². The van der Waals surface area contributed by atoms with Gasteiger partial charge in [0.05, 0.1) is 16.0 Å². The normalized spacial score (nSPS) is 12.2. The van der Waals surface area contributed by atoms with E-state index < -0.39 is 0 Å². The summed E-state index contributed by atoms with van der Waals surface area (Å²) in [5.74, 6) is -0.598. The number of halogens is 2. The van der Waals surface area contributed by atoms with Crippen molar-refractivity contribution in [1.29, 1.82) is 0 Å². The van der Waals surface area contributed by atoms with E-state index in [1.54, 1.807) is 0 Å². The summed E-state index contributed by atoms with van der Waals surface area (Å²) in [6.07, 6.45) is 1.61. The number of carbonyl (C=O) groups is 1. The summed E-state index contributed by atoms with van der Waals surface area (Å²) < 4.78 is 0. The second-order valence-corrected chi connectivity index (χ2v) is 4.81. The highest BCUT2D eigenvalue weighted by Gasteiger charge is 2.16.